The molecule has 1 aliphatic heterocycles. The fourth-order valence-corrected chi connectivity index (χ4v) is 3.65. The summed E-state index contributed by atoms with van der Waals surface area (Å²) in [5.41, 5.74) is 1.40. The van der Waals surface area contributed by atoms with E-state index in [2.05, 4.69) is 35.0 Å². The Kier molecular flexibility index (Phi) is 5.63. The number of fused-ring (bicyclic) bond motifs is 1. The van der Waals surface area contributed by atoms with Gasteiger partial charge in [-0.1, -0.05) is 18.2 Å². The Labute approximate surface area is 130 Å². The van der Waals surface area contributed by atoms with Crippen LogP contribution in [0.2, 0.25) is 0 Å². The fourth-order valence-electron chi connectivity index (χ4n) is 2.68. The van der Waals surface area contributed by atoms with Crippen molar-refractivity contribution in [2.75, 3.05) is 26.4 Å². The number of benzene rings is 1. The predicted molar refractivity (Wildman–Crippen MR) is 87.9 cm³/mol. The molecule has 0 saturated carbocycles. The normalized spacial score (nSPS) is 18.6. The van der Waals surface area contributed by atoms with Crippen LogP contribution in [0.25, 0.3) is 10.1 Å². The van der Waals surface area contributed by atoms with E-state index in [-0.39, 0.29) is 0 Å². The third-order valence-electron chi connectivity index (χ3n) is 3.85. The Morgan fingerprint density at radius 1 is 1.33 bits per heavy atom. The first-order valence-electron chi connectivity index (χ1n) is 7.78. The van der Waals surface area contributed by atoms with E-state index in [4.69, 9.17) is 9.47 Å². The second-order valence-electron chi connectivity index (χ2n) is 5.50. The van der Waals surface area contributed by atoms with Crippen LogP contribution in [-0.2, 0) is 16.0 Å². The minimum Gasteiger partial charge on any atom is -0.379 e. The Balaban J connectivity index is 1.29. The van der Waals surface area contributed by atoms with Crippen LogP contribution in [0.5, 0.6) is 0 Å². The number of rotatable bonds is 8. The van der Waals surface area contributed by atoms with E-state index in [0.29, 0.717) is 6.10 Å². The highest BCUT2D eigenvalue weighted by Crippen LogP contribution is 2.25. The van der Waals surface area contributed by atoms with Gasteiger partial charge in [0.05, 0.1) is 12.7 Å². The molecule has 2 heterocycles. The molecule has 1 saturated heterocycles. The van der Waals surface area contributed by atoms with Crippen LogP contribution in [0, 0.1) is 0 Å². The number of hydrogen-bond donors (Lipinski definition) is 1. The molecule has 1 unspecified atom stereocenters. The molecule has 0 radical (unpaired) electrons. The van der Waals surface area contributed by atoms with Crippen LogP contribution in [0.3, 0.4) is 0 Å². The van der Waals surface area contributed by atoms with E-state index in [0.717, 1.165) is 45.8 Å². The van der Waals surface area contributed by atoms with E-state index >= 15 is 0 Å². The zero-order chi connectivity index (χ0) is 14.3. The van der Waals surface area contributed by atoms with E-state index in [9.17, 15) is 0 Å². The van der Waals surface area contributed by atoms with Crippen molar-refractivity contribution in [1.29, 1.82) is 0 Å². The lowest BCUT2D eigenvalue weighted by atomic mass is 10.2. The molecule has 0 bridgehead atoms. The fraction of sp³-hybridized carbons (Fsp3) is 0.529. The van der Waals surface area contributed by atoms with Crippen LogP contribution in [0.15, 0.2) is 29.6 Å². The Bertz CT molecular complexity index is 548. The first-order chi connectivity index (χ1) is 10.4. The van der Waals surface area contributed by atoms with E-state index in [1.807, 2.05) is 11.3 Å². The standard InChI is InChI=1S/C17H23NO2S/c1-2-7-17-16(6-1)14(13-21-17)11-18-8-4-9-19-12-15-5-3-10-20-15/h1-2,6-7,13,15,18H,3-5,8-12H2. The summed E-state index contributed by atoms with van der Waals surface area (Å²) in [7, 11) is 0. The smallest absolute Gasteiger partial charge is 0.0809 e. The molecular weight excluding hydrogens is 282 g/mol. The molecule has 114 valence electrons. The van der Waals surface area contributed by atoms with Gasteiger partial charge < -0.3 is 14.8 Å². The lowest BCUT2D eigenvalue weighted by molar-refractivity contribution is 0.0166. The summed E-state index contributed by atoms with van der Waals surface area (Å²) in [6.07, 6.45) is 3.73. The molecule has 0 aliphatic carbocycles. The SMILES string of the molecule is c1ccc2c(CNCCCOCC3CCCO3)csc2c1. The Morgan fingerprint density at radius 3 is 3.19 bits per heavy atom. The second-order valence-corrected chi connectivity index (χ2v) is 6.41. The van der Waals surface area contributed by atoms with Crippen LogP contribution in [0.1, 0.15) is 24.8 Å². The number of hydrogen-bond acceptors (Lipinski definition) is 4. The lowest BCUT2D eigenvalue weighted by Crippen LogP contribution is -2.18. The van der Waals surface area contributed by atoms with Crippen molar-refractivity contribution < 1.29 is 9.47 Å². The molecule has 1 N–H and O–H groups in total. The van der Waals surface area contributed by atoms with Crippen LogP contribution >= 0.6 is 11.3 Å². The molecule has 1 atom stereocenters. The first-order valence-corrected chi connectivity index (χ1v) is 8.66. The molecule has 1 aromatic carbocycles. The zero-order valence-electron chi connectivity index (χ0n) is 12.3. The van der Waals surface area contributed by atoms with Gasteiger partial charge in [0.15, 0.2) is 0 Å². The van der Waals surface area contributed by atoms with E-state index in [1.165, 1.54) is 22.1 Å². The van der Waals surface area contributed by atoms with Crippen molar-refractivity contribution in [2.45, 2.75) is 31.9 Å². The molecule has 0 amide bonds. The monoisotopic (exact) mass is 305 g/mol. The molecule has 1 aromatic heterocycles. The molecule has 21 heavy (non-hydrogen) atoms. The maximum Gasteiger partial charge on any atom is 0.0809 e. The summed E-state index contributed by atoms with van der Waals surface area (Å²) >= 11 is 1.82. The first kappa shape index (κ1) is 15.0. The van der Waals surface area contributed by atoms with Crippen molar-refractivity contribution >= 4 is 21.4 Å². The van der Waals surface area contributed by atoms with Crippen molar-refractivity contribution in [1.82, 2.24) is 5.32 Å². The van der Waals surface area contributed by atoms with Crippen molar-refractivity contribution in [3.8, 4) is 0 Å². The minimum absolute atomic E-state index is 0.343. The lowest BCUT2D eigenvalue weighted by Gasteiger charge is -2.10. The second kappa shape index (κ2) is 7.90. The molecule has 0 spiro atoms. The summed E-state index contributed by atoms with van der Waals surface area (Å²) < 4.78 is 12.6. The van der Waals surface area contributed by atoms with Gasteiger partial charge in [-0.25, -0.2) is 0 Å². The zero-order valence-corrected chi connectivity index (χ0v) is 13.2. The highest BCUT2D eigenvalue weighted by atomic mass is 32.1. The summed E-state index contributed by atoms with van der Waals surface area (Å²) in [5, 5.41) is 7.14. The highest BCUT2D eigenvalue weighted by molar-refractivity contribution is 7.17. The van der Waals surface area contributed by atoms with Gasteiger partial charge in [0.2, 0.25) is 0 Å². The molecule has 1 aliphatic rings. The number of thiophene rings is 1. The van der Waals surface area contributed by atoms with Gasteiger partial charge >= 0.3 is 0 Å². The largest absolute Gasteiger partial charge is 0.379 e. The van der Waals surface area contributed by atoms with Gasteiger partial charge in [0.1, 0.15) is 0 Å². The van der Waals surface area contributed by atoms with Crippen molar-refractivity contribution in [2.24, 2.45) is 0 Å². The summed E-state index contributed by atoms with van der Waals surface area (Å²) in [4.78, 5) is 0. The Morgan fingerprint density at radius 2 is 2.29 bits per heavy atom. The average Bonchev–Trinajstić information content (AvgIpc) is 3.16. The van der Waals surface area contributed by atoms with Gasteiger partial charge in [0.25, 0.3) is 0 Å². The summed E-state index contributed by atoms with van der Waals surface area (Å²) in [6.45, 7) is 4.42. The van der Waals surface area contributed by atoms with Crippen LogP contribution < -0.4 is 5.32 Å². The third-order valence-corrected chi connectivity index (χ3v) is 4.86. The molecule has 4 heteroatoms. The van der Waals surface area contributed by atoms with E-state index in [1.54, 1.807) is 0 Å². The molecule has 3 rings (SSSR count). The van der Waals surface area contributed by atoms with Gasteiger partial charge in [0, 0.05) is 24.5 Å². The summed E-state index contributed by atoms with van der Waals surface area (Å²) in [5.74, 6) is 0. The third kappa shape index (κ3) is 4.27. The number of nitrogens with one attached hydrogen (secondary N) is 1. The van der Waals surface area contributed by atoms with Crippen LogP contribution in [-0.4, -0.2) is 32.5 Å². The van der Waals surface area contributed by atoms with Crippen molar-refractivity contribution in [3.63, 3.8) is 0 Å². The minimum atomic E-state index is 0.343. The maximum atomic E-state index is 5.66. The van der Waals surface area contributed by atoms with Crippen molar-refractivity contribution in [3.05, 3.63) is 35.2 Å². The topological polar surface area (TPSA) is 30.5 Å². The van der Waals surface area contributed by atoms with E-state index < -0.39 is 0 Å². The van der Waals surface area contributed by atoms with Crippen LogP contribution in [0.4, 0.5) is 0 Å². The maximum absolute atomic E-state index is 5.66. The van der Waals surface area contributed by atoms with Gasteiger partial charge in [-0.15, -0.1) is 11.3 Å². The van der Waals surface area contributed by atoms with Gasteiger partial charge in [-0.3, -0.25) is 0 Å². The van der Waals surface area contributed by atoms with Gasteiger partial charge in [-0.05, 0) is 48.2 Å². The highest BCUT2D eigenvalue weighted by Gasteiger charge is 2.14. The average molecular weight is 305 g/mol. The summed E-state index contributed by atoms with van der Waals surface area (Å²) in [6, 6.07) is 8.59. The molecule has 2 aromatic rings. The molecule has 1 fully saturated rings. The molecular formula is C17H23NO2S. The quantitative estimate of drug-likeness (QED) is 0.756. The number of ether oxygens (including phenoxy) is 2. The predicted octanol–water partition coefficient (Wildman–Crippen LogP) is 3.58. The molecule has 3 nitrogen and oxygen atoms in total. The Hall–Kier alpha value is -0.940. The van der Waals surface area contributed by atoms with Gasteiger partial charge in [-0.2, -0.15) is 0 Å².